The van der Waals surface area contributed by atoms with Gasteiger partial charge in [0.15, 0.2) is 5.13 Å². The van der Waals surface area contributed by atoms with Crippen molar-refractivity contribution in [3.05, 3.63) is 40.4 Å². The number of thiazole rings is 1. The molecule has 150 valence electrons. The summed E-state index contributed by atoms with van der Waals surface area (Å²) in [6, 6.07) is 6.85. The van der Waals surface area contributed by atoms with Gasteiger partial charge in [0.25, 0.3) is 0 Å². The summed E-state index contributed by atoms with van der Waals surface area (Å²) >= 11 is 1.59. The Morgan fingerprint density at radius 3 is 2.68 bits per heavy atom. The number of sulfonamides is 1. The predicted molar refractivity (Wildman–Crippen MR) is 110 cm³/mol. The summed E-state index contributed by atoms with van der Waals surface area (Å²) in [5.41, 5.74) is 2.07. The minimum Gasteiger partial charge on any atom is -0.302 e. The summed E-state index contributed by atoms with van der Waals surface area (Å²) in [6.45, 7) is 2.25. The number of aryl methyl sites for hydroxylation is 2. The fraction of sp³-hybridized carbons (Fsp3) is 0.500. The Kier molecular flexibility index (Phi) is 5.53. The van der Waals surface area contributed by atoms with Gasteiger partial charge in [-0.05, 0) is 62.1 Å². The van der Waals surface area contributed by atoms with Gasteiger partial charge in [0, 0.05) is 17.3 Å². The van der Waals surface area contributed by atoms with E-state index in [-0.39, 0.29) is 16.8 Å². The van der Waals surface area contributed by atoms with E-state index in [2.05, 4.69) is 21.9 Å². The molecule has 0 aliphatic heterocycles. The number of carbonyl (C=O) groups excluding carboxylic acids is 1. The molecule has 1 fully saturated rings. The predicted octanol–water partition coefficient (Wildman–Crippen LogP) is 3.28. The zero-order chi connectivity index (χ0) is 19.7. The largest absolute Gasteiger partial charge is 0.302 e. The van der Waals surface area contributed by atoms with Crippen molar-refractivity contribution in [1.29, 1.82) is 0 Å². The van der Waals surface area contributed by atoms with E-state index in [0.29, 0.717) is 23.9 Å². The third-order valence-corrected chi connectivity index (χ3v) is 7.78. The van der Waals surface area contributed by atoms with Gasteiger partial charge >= 0.3 is 0 Å². The van der Waals surface area contributed by atoms with Crippen molar-refractivity contribution in [2.45, 2.75) is 62.8 Å². The topological polar surface area (TPSA) is 88.2 Å². The highest BCUT2D eigenvalue weighted by Crippen LogP contribution is 2.32. The molecule has 1 aromatic heterocycles. The average molecular weight is 420 g/mol. The van der Waals surface area contributed by atoms with Gasteiger partial charge in [-0.3, -0.25) is 4.79 Å². The third-order valence-electron chi connectivity index (χ3n) is 5.21. The summed E-state index contributed by atoms with van der Waals surface area (Å²) in [5.74, 6) is 0.619. The molecule has 2 N–H and O–H groups in total. The van der Waals surface area contributed by atoms with Gasteiger partial charge in [0.05, 0.1) is 10.6 Å². The lowest BCUT2D eigenvalue weighted by atomic mass is 9.93. The van der Waals surface area contributed by atoms with Gasteiger partial charge in [-0.1, -0.05) is 19.1 Å². The highest BCUT2D eigenvalue weighted by atomic mass is 32.2. The molecule has 1 aromatic carbocycles. The van der Waals surface area contributed by atoms with Crippen molar-refractivity contribution < 1.29 is 13.2 Å². The van der Waals surface area contributed by atoms with Crippen molar-refractivity contribution in [2.24, 2.45) is 5.92 Å². The molecule has 1 atom stereocenters. The van der Waals surface area contributed by atoms with E-state index in [1.165, 1.54) is 4.88 Å². The molecule has 8 heteroatoms. The summed E-state index contributed by atoms with van der Waals surface area (Å²) in [4.78, 5) is 18.4. The van der Waals surface area contributed by atoms with E-state index < -0.39 is 10.0 Å². The Morgan fingerprint density at radius 2 is 1.96 bits per heavy atom. The van der Waals surface area contributed by atoms with Crippen LogP contribution < -0.4 is 10.0 Å². The molecule has 1 saturated carbocycles. The van der Waals surface area contributed by atoms with Crippen LogP contribution in [0.1, 0.15) is 48.7 Å². The Balaban J connectivity index is 1.30. The molecule has 1 amide bonds. The Bertz CT molecular complexity index is 963. The molecule has 0 saturated heterocycles. The molecule has 0 unspecified atom stereocenters. The lowest BCUT2D eigenvalue weighted by Crippen LogP contribution is -2.25. The zero-order valence-corrected chi connectivity index (χ0v) is 17.5. The minimum atomic E-state index is -3.43. The van der Waals surface area contributed by atoms with Gasteiger partial charge in [-0.2, -0.15) is 0 Å². The normalized spacial score (nSPS) is 19.2. The van der Waals surface area contributed by atoms with Crippen molar-refractivity contribution in [3.63, 3.8) is 0 Å². The number of hydrogen-bond acceptors (Lipinski definition) is 5. The summed E-state index contributed by atoms with van der Waals surface area (Å²) < 4.78 is 27.0. The van der Waals surface area contributed by atoms with Gasteiger partial charge in [0.1, 0.15) is 0 Å². The van der Waals surface area contributed by atoms with Crippen LogP contribution in [0.4, 0.5) is 5.13 Å². The molecule has 0 radical (unpaired) electrons. The first-order valence-electron chi connectivity index (χ1n) is 9.79. The van der Waals surface area contributed by atoms with Crippen LogP contribution in [-0.4, -0.2) is 25.4 Å². The number of aromatic nitrogens is 1. The first-order valence-corrected chi connectivity index (χ1v) is 12.1. The van der Waals surface area contributed by atoms with Crippen LogP contribution in [0.25, 0.3) is 0 Å². The van der Waals surface area contributed by atoms with Gasteiger partial charge in [0.2, 0.25) is 15.9 Å². The monoisotopic (exact) mass is 419 g/mol. The van der Waals surface area contributed by atoms with Crippen LogP contribution in [0.5, 0.6) is 0 Å². The van der Waals surface area contributed by atoms with E-state index in [0.717, 1.165) is 43.4 Å². The maximum absolute atomic E-state index is 12.3. The first-order chi connectivity index (χ1) is 13.4. The van der Waals surface area contributed by atoms with Crippen LogP contribution >= 0.6 is 11.3 Å². The maximum Gasteiger partial charge on any atom is 0.240 e. The minimum absolute atomic E-state index is 0.0637. The number of amides is 1. The van der Waals surface area contributed by atoms with Crippen molar-refractivity contribution in [3.8, 4) is 0 Å². The number of hydrogen-bond donors (Lipinski definition) is 2. The molecule has 2 aliphatic rings. The second-order valence-electron chi connectivity index (χ2n) is 7.82. The Morgan fingerprint density at radius 1 is 1.21 bits per heavy atom. The van der Waals surface area contributed by atoms with Crippen LogP contribution in [0.3, 0.4) is 0 Å². The highest BCUT2D eigenvalue weighted by molar-refractivity contribution is 7.89. The third kappa shape index (κ3) is 4.79. The van der Waals surface area contributed by atoms with E-state index in [9.17, 15) is 13.2 Å². The van der Waals surface area contributed by atoms with E-state index in [1.807, 2.05) is 0 Å². The number of nitrogens with one attached hydrogen (secondary N) is 2. The standard InChI is InChI=1S/C20H25N3O3S2/c1-13-2-10-17-18(12-13)27-20(21-17)22-19(24)11-5-14-3-8-16(9-4-14)28(25,26)23-15-6-7-15/h3-4,8-9,13,15,23H,2,5-7,10-12H2,1H3,(H,21,22,24)/t13-/m0/s1. The smallest absolute Gasteiger partial charge is 0.240 e. The van der Waals surface area contributed by atoms with E-state index in [1.54, 1.807) is 35.6 Å². The maximum atomic E-state index is 12.3. The number of carbonyl (C=O) groups is 1. The van der Waals surface area contributed by atoms with Crippen LogP contribution in [0, 0.1) is 5.92 Å². The average Bonchev–Trinajstić information content (AvgIpc) is 3.37. The molecule has 28 heavy (non-hydrogen) atoms. The lowest BCUT2D eigenvalue weighted by molar-refractivity contribution is -0.116. The molecule has 0 bridgehead atoms. The zero-order valence-electron chi connectivity index (χ0n) is 15.9. The highest BCUT2D eigenvalue weighted by Gasteiger charge is 2.27. The quantitative estimate of drug-likeness (QED) is 0.721. The molecular formula is C20H25N3O3S2. The molecule has 0 spiro atoms. The number of benzene rings is 1. The van der Waals surface area contributed by atoms with Crippen LogP contribution in [-0.2, 0) is 34.1 Å². The van der Waals surface area contributed by atoms with Crippen molar-refractivity contribution in [1.82, 2.24) is 9.71 Å². The Labute approximate surface area is 169 Å². The SMILES string of the molecule is C[C@H]1CCc2nc(NC(=O)CCc3ccc(S(=O)(=O)NC4CC4)cc3)sc2C1. The molecule has 6 nitrogen and oxygen atoms in total. The summed E-state index contributed by atoms with van der Waals surface area (Å²) in [6.07, 6.45) is 5.92. The second-order valence-corrected chi connectivity index (χ2v) is 10.6. The molecule has 1 heterocycles. The summed E-state index contributed by atoms with van der Waals surface area (Å²) in [5, 5.41) is 3.60. The van der Waals surface area contributed by atoms with Crippen molar-refractivity contribution in [2.75, 3.05) is 5.32 Å². The number of nitrogens with zero attached hydrogens (tertiary/aromatic N) is 1. The first kappa shape index (κ1) is 19.5. The van der Waals surface area contributed by atoms with Crippen LogP contribution in [0.2, 0.25) is 0 Å². The molecule has 2 aliphatic carbocycles. The van der Waals surface area contributed by atoms with Gasteiger partial charge < -0.3 is 5.32 Å². The Hall–Kier alpha value is -1.77. The number of anilines is 1. The van der Waals surface area contributed by atoms with E-state index >= 15 is 0 Å². The fourth-order valence-electron chi connectivity index (χ4n) is 3.36. The van der Waals surface area contributed by atoms with E-state index in [4.69, 9.17) is 0 Å². The van der Waals surface area contributed by atoms with Crippen molar-refractivity contribution >= 4 is 32.4 Å². The van der Waals surface area contributed by atoms with Gasteiger partial charge in [-0.15, -0.1) is 11.3 Å². The molecular weight excluding hydrogens is 394 g/mol. The molecule has 4 rings (SSSR count). The molecule has 2 aromatic rings. The second kappa shape index (κ2) is 7.93. The fourth-order valence-corrected chi connectivity index (χ4v) is 5.85. The number of rotatable bonds is 7. The lowest BCUT2D eigenvalue weighted by Gasteiger charge is -2.15. The number of fused-ring (bicyclic) bond motifs is 1. The van der Waals surface area contributed by atoms with Gasteiger partial charge in [-0.25, -0.2) is 18.1 Å². The summed E-state index contributed by atoms with van der Waals surface area (Å²) in [7, 11) is -3.43. The van der Waals surface area contributed by atoms with Crippen LogP contribution in [0.15, 0.2) is 29.2 Å².